The third kappa shape index (κ3) is 49.9. The fourth-order valence-corrected chi connectivity index (χ4v) is 15.9. The van der Waals surface area contributed by atoms with Gasteiger partial charge in [0.25, 0.3) is 0 Å². The summed E-state index contributed by atoms with van der Waals surface area (Å²) in [5.74, 6) is -0.978. The maximum atomic E-state index is 16.6. The zero-order valence-corrected chi connectivity index (χ0v) is 77.4. The molecule has 684 valence electrons. The van der Waals surface area contributed by atoms with Crippen LogP contribution in [0.3, 0.4) is 0 Å². The van der Waals surface area contributed by atoms with Crippen LogP contribution in [-0.2, 0) is 28.8 Å². The smallest absolute Gasteiger partial charge is 0.326 e. The van der Waals surface area contributed by atoms with Crippen molar-refractivity contribution in [1.29, 1.82) is 0 Å². The Labute approximate surface area is 722 Å². The lowest BCUT2D eigenvalue weighted by Crippen LogP contribution is -2.64. The first-order chi connectivity index (χ1) is 57.9. The molecule has 1 aliphatic heterocycles. The van der Waals surface area contributed by atoms with E-state index in [0.29, 0.717) is 74.7 Å². The summed E-state index contributed by atoms with van der Waals surface area (Å²) < 4.78 is 48.6. The van der Waals surface area contributed by atoms with E-state index in [9.17, 15) is 19.5 Å². The van der Waals surface area contributed by atoms with Gasteiger partial charge in [-0.25, -0.2) is 4.90 Å². The van der Waals surface area contributed by atoms with Gasteiger partial charge in [0.05, 0.1) is 52.7 Å². The third-order valence-electron chi connectivity index (χ3n) is 23.6. The number of benzene rings is 2. The summed E-state index contributed by atoms with van der Waals surface area (Å²) in [6.07, 6.45) is 68.5. The fraction of sp³-hybridized carbons (Fsp3) is 0.840. The van der Waals surface area contributed by atoms with Crippen LogP contribution < -0.4 is 49.9 Å². The van der Waals surface area contributed by atoms with E-state index < -0.39 is 48.0 Å². The maximum absolute atomic E-state index is 16.6. The second-order valence-electron chi connectivity index (χ2n) is 34.6. The molecule has 0 bridgehead atoms. The normalized spacial score (nSPS) is 13.7. The van der Waals surface area contributed by atoms with Crippen LogP contribution in [-0.4, -0.2) is 117 Å². The molecular weight excluding hydrogens is 1480 g/mol. The minimum Gasteiger partial charge on any atom is -0.494 e. The van der Waals surface area contributed by atoms with Gasteiger partial charge in [-0.15, -0.1) is 0 Å². The molecule has 0 aromatic heterocycles. The number of unbranched alkanes of at least 4 members (excludes halogenated alkanes) is 55. The lowest BCUT2D eigenvalue weighted by atomic mass is 9.87. The number of anilines is 2. The number of hydrogen-bond acceptors (Lipinski definition) is 15. The van der Waals surface area contributed by atoms with Gasteiger partial charge in [-0.05, 0) is 76.1 Å². The largest absolute Gasteiger partial charge is 0.494 e. The molecular formula is C100H181N5O13. The Balaban J connectivity index is 2.22. The number of nitrogens with two attached hydrogens (primary N) is 1. The Hall–Kier alpha value is -5.04. The van der Waals surface area contributed by atoms with Crippen LogP contribution in [0, 0.1) is 0 Å². The number of aliphatic carboxylic acids is 1. The van der Waals surface area contributed by atoms with E-state index in [4.69, 9.17) is 43.7 Å². The first-order valence-corrected chi connectivity index (χ1v) is 49.9. The minimum absolute atomic E-state index is 0.0622. The van der Waals surface area contributed by atoms with Crippen molar-refractivity contribution in [3.8, 4) is 34.5 Å². The standard InChI is InChI=1S/C100H181N5O13/c1-9-16-23-30-37-44-45-46-47-48-49-55-57-64-77-111-88-73-71-87(72-74-88)103-89(106)84-100(86(8)101,99(109)110)102-75-76-104-85-90(107)118-98(104)97(108)105(117-83-70-63-56-43-36-29-22-15-7)91-92(112-78-65-58-50-38-31-24-17-10-2)94(114-80-67-60-52-40-33-26-19-12-4)96(116-82-69-62-54-42-35-28-21-14-6)95(115-81-68-61-53-41-34-27-20-13-5)93(91)113-79-66-59-51-39-32-25-18-11-3/h71-74,86,98,102H,9-70,75-85,101H2,1-8H3,(H,103,106)(H,109,110). The van der Waals surface area contributed by atoms with Crippen LogP contribution in [0.1, 0.15) is 460 Å². The van der Waals surface area contributed by atoms with Crippen molar-refractivity contribution < 1.29 is 62.3 Å². The van der Waals surface area contributed by atoms with Gasteiger partial charge >= 0.3 is 17.8 Å². The predicted octanol–water partition coefficient (Wildman–Crippen LogP) is 27.5. The van der Waals surface area contributed by atoms with Gasteiger partial charge in [0, 0.05) is 24.8 Å². The summed E-state index contributed by atoms with van der Waals surface area (Å²) in [4.78, 5) is 67.1. The van der Waals surface area contributed by atoms with E-state index in [1.165, 1.54) is 236 Å². The number of carbonyl (C=O) groups excluding carboxylic acids is 3. The molecule has 2 aromatic carbocycles. The van der Waals surface area contributed by atoms with Crippen LogP contribution in [0.25, 0.3) is 0 Å². The van der Waals surface area contributed by atoms with Crippen molar-refractivity contribution in [2.24, 2.45) is 5.73 Å². The van der Waals surface area contributed by atoms with Crippen LogP contribution >= 0.6 is 0 Å². The van der Waals surface area contributed by atoms with E-state index >= 15 is 4.79 Å². The van der Waals surface area contributed by atoms with Crippen molar-refractivity contribution in [2.45, 2.75) is 478 Å². The quantitative estimate of drug-likeness (QED) is 0.0275. The molecule has 1 fully saturated rings. The lowest BCUT2D eigenvalue weighted by molar-refractivity contribution is -0.153. The molecule has 0 radical (unpaired) electrons. The molecule has 18 heteroatoms. The molecule has 0 saturated carbocycles. The zero-order valence-electron chi connectivity index (χ0n) is 77.4. The van der Waals surface area contributed by atoms with Crippen molar-refractivity contribution in [2.75, 3.05) is 76.3 Å². The molecule has 3 rings (SSSR count). The SMILES string of the molecule is CCCCCCCCCCCCCCCCOc1ccc(NC(=O)CC(NCCN2CC(=O)OC2C(=O)N(OCCCCCCCCCC)c2c(OCCCCCCCCCC)c(OCCCCCCCCCC)c(OCCCCCCCCCC)c(OCCCCCCCCCC)c2OCCCCCCCCCC)(C(=O)O)C(C)N)cc1. The molecule has 1 aliphatic rings. The van der Waals surface area contributed by atoms with Crippen LogP contribution in [0.2, 0.25) is 0 Å². The van der Waals surface area contributed by atoms with E-state index in [1.807, 2.05) is 12.1 Å². The molecule has 3 atom stereocenters. The molecule has 0 aliphatic carbocycles. The van der Waals surface area contributed by atoms with Crippen molar-refractivity contribution in [1.82, 2.24) is 10.2 Å². The Bertz CT molecular complexity index is 2650. The van der Waals surface area contributed by atoms with Crippen molar-refractivity contribution >= 4 is 35.1 Å². The number of hydrogen-bond donors (Lipinski definition) is 4. The molecule has 2 amide bonds. The molecule has 5 N–H and O–H groups in total. The Morgan fingerprint density at radius 2 is 0.686 bits per heavy atom. The molecule has 1 saturated heterocycles. The fourth-order valence-electron chi connectivity index (χ4n) is 15.9. The number of esters is 1. The molecule has 18 nitrogen and oxygen atoms in total. The zero-order chi connectivity index (χ0) is 85.3. The van der Waals surface area contributed by atoms with Crippen molar-refractivity contribution in [3.63, 3.8) is 0 Å². The number of hydroxylamine groups is 1. The topological polar surface area (TPSA) is 219 Å². The summed E-state index contributed by atoms with van der Waals surface area (Å²) >= 11 is 0. The third-order valence-corrected chi connectivity index (χ3v) is 23.6. The number of ether oxygens (including phenoxy) is 7. The average Bonchev–Trinajstić information content (AvgIpc) is 0.947. The molecule has 2 aromatic rings. The molecule has 3 unspecified atom stereocenters. The number of amides is 2. The number of rotatable bonds is 87. The Morgan fingerprint density at radius 1 is 0.415 bits per heavy atom. The highest BCUT2D eigenvalue weighted by molar-refractivity contribution is 6.01. The molecule has 118 heavy (non-hydrogen) atoms. The number of carboxylic acids is 1. The van der Waals surface area contributed by atoms with E-state index in [0.717, 1.165) is 161 Å². The number of cyclic esters (lactones) is 1. The van der Waals surface area contributed by atoms with Crippen LogP contribution in [0.4, 0.5) is 11.4 Å². The first kappa shape index (κ1) is 107. The Morgan fingerprint density at radius 3 is 0.983 bits per heavy atom. The van der Waals surface area contributed by atoms with Gasteiger partial charge in [-0.3, -0.25) is 29.3 Å². The summed E-state index contributed by atoms with van der Waals surface area (Å²) in [5, 5.41) is 18.5. The monoisotopic (exact) mass is 1660 g/mol. The minimum atomic E-state index is -1.97. The predicted molar refractivity (Wildman–Crippen MR) is 492 cm³/mol. The highest BCUT2D eigenvalue weighted by Gasteiger charge is 2.47. The van der Waals surface area contributed by atoms with Gasteiger partial charge in [-0.2, -0.15) is 5.06 Å². The highest BCUT2D eigenvalue weighted by Crippen LogP contribution is 2.59. The summed E-state index contributed by atoms with van der Waals surface area (Å²) in [6.45, 7) is 19.3. The first-order valence-electron chi connectivity index (χ1n) is 49.9. The Kier molecular flexibility index (Phi) is 67.7. The second-order valence-corrected chi connectivity index (χ2v) is 34.6. The molecule has 1 heterocycles. The van der Waals surface area contributed by atoms with Crippen molar-refractivity contribution in [3.05, 3.63) is 24.3 Å². The number of nitrogens with one attached hydrogen (secondary N) is 2. The number of nitrogens with zero attached hydrogens (tertiary/aromatic N) is 2. The second kappa shape index (κ2) is 74.6. The van der Waals surface area contributed by atoms with Crippen LogP contribution in [0.5, 0.6) is 34.5 Å². The van der Waals surface area contributed by atoms with Gasteiger partial charge in [0.2, 0.25) is 29.4 Å². The lowest BCUT2D eigenvalue weighted by Gasteiger charge is -2.35. The summed E-state index contributed by atoms with van der Waals surface area (Å²) in [6, 6.07) is 6.05. The highest BCUT2D eigenvalue weighted by atomic mass is 16.7. The van der Waals surface area contributed by atoms with Gasteiger partial charge < -0.3 is 49.3 Å². The maximum Gasteiger partial charge on any atom is 0.326 e. The van der Waals surface area contributed by atoms with E-state index in [-0.39, 0.29) is 43.4 Å². The van der Waals surface area contributed by atoms with E-state index in [2.05, 4.69) is 59.1 Å². The number of carbonyl (C=O) groups is 4. The summed E-state index contributed by atoms with van der Waals surface area (Å²) in [7, 11) is 0. The number of carboxylic acid groups (broad SMARTS) is 1. The summed E-state index contributed by atoms with van der Waals surface area (Å²) in [5.41, 5.74) is 5.33. The van der Waals surface area contributed by atoms with E-state index in [1.54, 1.807) is 24.0 Å². The van der Waals surface area contributed by atoms with Gasteiger partial charge in [0.15, 0.2) is 17.2 Å². The average molecular weight is 1660 g/mol. The van der Waals surface area contributed by atoms with Gasteiger partial charge in [-0.1, -0.05) is 402 Å². The van der Waals surface area contributed by atoms with Gasteiger partial charge in [0.1, 0.15) is 17.8 Å². The molecule has 0 spiro atoms. The van der Waals surface area contributed by atoms with Crippen LogP contribution in [0.15, 0.2) is 24.3 Å².